The fraction of sp³-hybridized carbons (Fsp3) is 0.409. The molecule has 0 aliphatic heterocycles. The Morgan fingerprint density at radius 2 is 1.68 bits per heavy atom. The van der Waals surface area contributed by atoms with Crippen molar-refractivity contribution in [2.45, 2.75) is 91.1 Å². The fourth-order valence-corrected chi connectivity index (χ4v) is 6.50. The molecule has 2 aromatic heterocycles. The number of esters is 1. The Morgan fingerprint density at radius 1 is 0.921 bits per heavy atom. The molecular weight excluding hydrogens is 815 g/mol. The van der Waals surface area contributed by atoms with Crippen LogP contribution in [0.2, 0.25) is 0 Å². The van der Waals surface area contributed by atoms with Crippen LogP contribution in [0.5, 0.6) is 5.75 Å². The Balaban J connectivity index is 1.40. The number of nitrogens with zero attached hydrogens (tertiary/aromatic N) is 3. The largest absolute Gasteiger partial charge is 0.543 e. The van der Waals surface area contributed by atoms with Crippen molar-refractivity contribution in [1.29, 1.82) is 0 Å². The molecule has 3 atom stereocenters. The molecule has 334 valence electrons. The zero-order valence-corrected chi connectivity index (χ0v) is 35.8. The number of rotatable bonds is 26. The number of carbonyl (C=O) groups is 7. The van der Waals surface area contributed by atoms with Crippen molar-refractivity contribution in [2.24, 2.45) is 5.92 Å². The van der Waals surface area contributed by atoms with E-state index in [9.17, 15) is 33.6 Å². The summed E-state index contributed by atoms with van der Waals surface area (Å²) in [5.41, 5.74) is 1.45. The zero-order valence-electron chi connectivity index (χ0n) is 35.8. The van der Waals surface area contributed by atoms with E-state index in [-0.39, 0.29) is 54.7 Å². The number of amides is 4. The van der Waals surface area contributed by atoms with Crippen molar-refractivity contribution in [2.75, 3.05) is 19.9 Å². The average Bonchev–Trinajstić information content (AvgIpc) is 4.02. The molecule has 0 aliphatic rings. The van der Waals surface area contributed by atoms with Crippen LogP contribution in [0.3, 0.4) is 0 Å². The number of imidazole rings is 1. The number of aromatic nitrogens is 2. The molecule has 4 amide bonds. The molecule has 19 heteroatoms. The minimum atomic E-state index is -1.38. The predicted octanol–water partition coefficient (Wildman–Crippen LogP) is 5.00. The highest BCUT2D eigenvalue weighted by Crippen LogP contribution is 2.30. The van der Waals surface area contributed by atoms with Crippen LogP contribution in [0.1, 0.15) is 110 Å². The molecule has 4 rings (SSSR count). The van der Waals surface area contributed by atoms with Gasteiger partial charge in [0.05, 0.1) is 55.7 Å². The molecule has 0 spiro atoms. The van der Waals surface area contributed by atoms with Crippen LogP contribution >= 0.6 is 0 Å². The lowest BCUT2D eigenvalue weighted by Gasteiger charge is -2.31. The van der Waals surface area contributed by atoms with E-state index in [1.807, 2.05) is 13.8 Å². The minimum Gasteiger partial charge on any atom is -0.543 e. The summed E-state index contributed by atoms with van der Waals surface area (Å²) in [6.07, 6.45) is 9.22. The molecule has 18 nitrogen and oxygen atoms in total. The average molecular weight is 869 g/mol. The van der Waals surface area contributed by atoms with Gasteiger partial charge in [0.15, 0.2) is 5.76 Å². The van der Waals surface area contributed by atoms with Gasteiger partial charge < -0.3 is 43.9 Å². The van der Waals surface area contributed by atoms with Gasteiger partial charge in [-0.1, -0.05) is 52.5 Å². The summed E-state index contributed by atoms with van der Waals surface area (Å²) in [5, 5.41) is 8.69. The second-order valence-corrected chi connectivity index (χ2v) is 14.2. The molecular formula is C44H53BN6O12. The Kier molecular flexibility index (Phi) is 19.4. The second-order valence-electron chi connectivity index (χ2n) is 14.2. The number of hydrogen-bond acceptors (Lipinski definition) is 13. The molecule has 4 aromatic rings. The summed E-state index contributed by atoms with van der Waals surface area (Å²) < 4.78 is 22.7. The van der Waals surface area contributed by atoms with E-state index < -0.39 is 60.1 Å². The third-order valence-corrected chi connectivity index (χ3v) is 9.85. The van der Waals surface area contributed by atoms with Gasteiger partial charge in [0.1, 0.15) is 17.6 Å². The maximum atomic E-state index is 13.7. The summed E-state index contributed by atoms with van der Waals surface area (Å²) in [5.74, 6) is -4.88. The molecule has 63 heavy (non-hydrogen) atoms. The maximum absolute atomic E-state index is 13.7. The van der Waals surface area contributed by atoms with Gasteiger partial charge in [-0.15, -0.1) is 0 Å². The molecule has 0 saturated heterocycles. The van der Waals surface area contributed by atoms with E-state index in [1.165, 1.54) is 24.3 Å². The Morgan fingerprint density at radius 3 is 2.33 bits per heavy atom. The van der Waals surface area contributed by atoms with Gasteiger partial charge >= 0.3 is 20.0 Å². The third-order valence-electron chi connectivity index (χ3n) is 9.85. The Bertz CT molecular complexity index is 2140. The van der Waals surface area contributed by atoms with Crippen LogP contribution in [0.4, 0.5) is 0 Å². The van der Waals surface area contributed by atoms with Gasteiger partial charge in [-0.25, -0.2) is 14.6 Å². The first kappa shape index (κ1) is 48.7. The summed E-state index contributed by atoms with van der Waals surface area (Å²) in [4.78, 5) is 99.8. The van der Waals surface area contributed by atoms with E-state index in [2.05, 4.69) is 25.6 Å². The number of furan rings is 1. The minimum absolute atomic E-state index is 0.0397. The first-order valence-electron chi connectivity index (χ1n) is 20.8. The lowest BCUT2D eigenvalue weighted by atomic mass is 9.90. The van der Waals surface area contributed by atoms with E-state index >= 15 is 0 Å². The lowest BCUT2D eigenvalue weighted by molar-refractivity contribution is -0.171. The predicted molar refractivity (Wildman–Crippen MR) is 228 cm³/mol. The van der Waals surface area contributed by atoms with Gasteiger partial charge in [-0.05, 0) is 74.7 Å². The third kappa shape index (κ3) is 14.1. The van der Waals surface area contributed by atoms with Crippen LogP contribution in [0, 0.1) is 5.92 Å². The normalized spacial score (nSPS) is 12.2. The first-order valence-corrected chi connectivity index (χ1v) is 20.8. The summed E-state index contributed by atoms with van der Waals surface area (Å²) in [6.45, 7) is 7.40. The molecule has 3 N–H and O–H groups in total. The molecule has 0 bridgehead atoms. The quantitative estimate of drug-likeness (QED) is 0.0189. The molecule has 2 aromatic carbocycles. The van der Waals surface area contributed by atoms with Crippen molar-refractivity contribution in [3.05, 3.63) is 90.2 Å². The van der Waals surface area contributed by atoms with Gasteiger partial charge in [0, 0.05) is 23.6 Å². The number of unbranched alkanes of at least 4 members (excludes halogenated alkanes) is 3. The number of ether oxygens (including phenoxy) is 2. The zero-order chi connectivity index (χ0) is 45.7. The van der Waals surface area contributed by atoms with Gasteiger partial charge in [0.2, 0.25) is 12.3 Å². The number of hydrogen-bond donors (Lipinski definition) is 3. The lowest BCUT2D eigenvalue weighted by Crippen LogP contribution is -2.49. The summed E-state index contributed by atoms with van der Waals surface area (Å²) >= 11 is 0. The van der Waals surface area contributed by atoms with Crippen LogP contribution in [-0.4, -0.2) is 96.7 Å². The van der Waals surface area contributed by atoms with Crippen molar-refractivity contribution in [3.63, 3.8) is 0 Å². The molecule has 0 aliphatic carbocycles. The van der Waals surface area contributed by atoms with Crippen molar-refractivity contribution in [1.82, 2.24) is 30.6 Å². The highest BCUT2D eigenvalue weighted by molar-refractivity contribution is 6.06. The molecule has 0 fully saturated rings. The number of hydroxylamine groups is 2. The standard InChI is InChI=1S/C44H53BN6O12/c1-5-9-11-12-32(35(7-3)51(28-52)63-43(57)29-13-16-31(17-14-29)50-22-21-46-27-50)40(54)47-26-48-42(56)37-20-19-36(61-37)30-15-18-33(38(24-30)59-8-4)41(55)49-34(25-39(53)62-45)44(58)60-23-10-6-2/h13-22,24,27-28,32,34-35H,5-12,23,25-26H2,1-4H3,(H,47,54)(H,48,56)(H,49,55)/t32-,34+,35-/m1/s1. The maximum Gasteiger partial charge on any atom is 0.378 e. The fourth-order valence-electron chi connectivity index (χ4n) is 6.50. The van der Waals surface area contributed by atoms with Gasteiger partial charge in [0.25, 0.3) is 17.8 Å². The van der Waals surface area contributed by atoms with Crippen LogP contribution < -0.4 is 20.7 Å². The second kappa shape index (κ2) is 25.1. The number of benzene rings is 2. The van der Waals surface area contributed by atoms with E-state index in [4.69, 9.17) is 26.8 Å². The molecule has 2 heterocycles. The topological polar surface area (TPSA) is 227 Å². The van der Waals surface area contributed by atoms with Crippen molar-refractivity contribution < 1.29 is 56.9 Å². The first-order chi connectivity index (χ1) is 30.5. The van der Waals surface area contributed by atoms with Crippen LogP contribution in [-0.2, 0) is 33.4 Å². The Labute approximate surface area is 366 Å². The highest BCUT2D eigenvalue weighted by Gasteiger charge is 2.34. The van der Waals surface area contributed by atoms with Crippen molar-refractivity contribution in [3.8, 4) is 22.8 Å². The summed E-state index contributed by atoms with van der Waals surface area (Å²) in [7, 11) is 4.96. The smallest absolute Gasteiger partial charge is 0.378 e. The molecule has 0 unspecified atom stereocenters. The van der Waals surface area contributed by atoms with E-state index in [1.54, 1.807) is 67.5 Å². The van der Waals surface area contributed by atoms with Gasteiger partial charge in [-0.3, -0.25) is 24.0 Å². The number of carbonyl (C=O) groups excluding carboxylic acids is 7. The monoisotopic (exact) mass is 868 g/mol. The molecule has 0 saturated carbocycles. The number of nitrogens with one attached hydrogen (secondary N) is 3. The van der Waals surface area contributed by atoms with Gasteiger partial charge in [-0.2, -0.15) is 5.06 Å². The van der Waals surface area contributed by atoms with Crippen molar-refractivity contribution >= 4 is 50.1 Å². The van der Waals surface area contributed by atoms with Crippen LogP contribution in [0.15, 0.2) is 77.7 Å². The van der Waals surface area contributed by atoms with E-state index in [0.29, 0.717) is 31.2 Å². The molecule has 2 radical (unpaired) electrons. The van der Waals surface area contributed by atoms with E-state index in [0.717, 1.165) is 30.0 Å². The van der Waals surface area contributed by atoms with Crippen LogP contribution in [0.25, 0.3) is 17.0 Å². The SMILES string of the molecule is [B]OC(=O)C[C@H](NC(=O)c1ccc(-c2ccc(C(=O)NCNC(=O)[C@H](CCCCC)[C@@H](CC)N(C=O)OC(=O)c3ccc(-n4ccnc4)cc3)o2)cc1OCC)C(=O)OCCCC. The highest BCUT2D eigenvalue weighted by atomic mass is 16.7. The summed E-state index contributed by atoms with van der Waals surface area (Å²) in [6, 6.07) is 11.8. The Hall–Kier alpha value is -6.92.